The molecule has 86 heavy (non-hydrogen) atoms. The molecule has 0 aromatic heterocycles. The van der Waals surface area contributed by atoms with Crippen molar-refractivity contribution in [1.82, 2.24) is 0 Å². The number of benzene rings is 6. The van der Waals surface area contributed by atoms with E-state index in [2.05, 4.69) is 306 Å². The zero-order valence-corrected chi connectivity index (χ0v) is 57.6. The predicted molar refractivity (Wildman–Crippen MR) is 397 cm³/mol. The summed E-state index contributed by atoms with van der Waals surface area (Å²) in [7, 11) is -2.81. The van der Waals surface area contributed by atoms with Crippen molar-refractivity contribution in [3.05, 3.63) is 204 Å². The Morgan fingerprint density at radius 1 is 0.477 bits per heavy atom. The van der Waals surface area contributed by atoms with Gasteiger partial charge >= 0.3 is 5.97 Å². The normalized spacial score (nSPS) is 13.2. The van der Waals surface area contributed by atoms with Crippen LogP contribution in [0, 0.1) is 23.7 Å². The van der Waals surface area contributed by atoms with Crippen LogP contribution in [0.15, 0.2) is 182 Å². The van der Waals surface area contributed by atoms with Crippen molar-refractivity contribution in [1.29, 1.82) is 0 Å². The van der Waals surface area contributed by atoms with Crippen LogP contribution in [-0.2, 0) is 26.1 Å². The molecule has 1 heterocycles. The standard InChI is InChI=1S/C22H22.C19H26Si.C10H14.C9H22Si.C8H16O2.C8H16O.5CH4/c1-18(2)22(19-12-6-3-7-13-19,20-14-8-4-9-15-20)21-16-10-5-11-17-21;1-16(2)20(19(3,4)5,17-12-8-6-9-13-17)18-14-10-7-11-15-18;1-9(2)8-10-6-4-3-5-7-10;1-8(2)10(6,7)9(3,4)5;1-6(2)7(9)10-8(3,4)5;1-7(2)8-5-3-4-6-9-8;;;;;/h3-18H,1-2H3;6-16H,1-5H3;3-7,9H,8H2,1-2H3;8H,1-7H3;6H,1-5H3;7-8H,3-6H2,1-2H3;5*1H4. The van der Waals surface area contributed by atoms with Gasteiger partial charge in [0.25, 0.3) is 0 Å². The molecule has 0 aliphatic carbocycles. The Morgan fingerprint density at radius 3 is 1.01 bits per heavy atom. The van der Waals surface area contributed by atoms with E-state index < -0.39 is 16.1 Å². The van der Waals surface area contributed by atoms with Crippen molar-refractivity contribution >= 4 is 32.5 Å². The molecule has 5 heteroatoms. The first-order valence-corrected chi connectivity index (χ1v) is 36.1. The Bertz CT molecular complexity index is 2410. The number of hydrogen-bond donors (Lipinski definition) is 0. The molecule has 1 unspecified atom stereocenters. The van der Waals surface area contributed by atoms with Gasteiger partial charge < -0.3 is 9.47 Å². The highest BCUT2D eigenvalue weighted by molar-refractivity contribution is 7.05. The molecule has 1 aliphatic rings. The average molecular weight is 1210 g/mol. The molecule has 1 saturated heterocycles. The third kappa shape index (κ3) is 26.9. The minimum absolute atomic E-state index is 0. The van der Waals surface area contributed by atoms with Gasteiger partial charge in [0.1, 0.15) is 13.7 Å². The molecule has 0 N–H and O–H groups in total. The quantitative estimate of drug-likeness (QED) is 0.0696. The van der Waals surface area contributed by atoms with Gasteiger partial charge in [-0.05, 0) is 102 Å². The number of rotatable bonds is 12. The van der Waals surface area contributed by atoms with Gasteiger partial charge in [-0.1, -0.05) is 373 Å². The van der Waals surface area contributed by atoms with Crippen LogP contribution in [0.3, 0.4) is 0 Å². The van der Waals surface area contributed by atoms with E-state index in [-0.39, 0.29) is 65.1 Å². The minimum atomic E-state index is -1.83. The fourth-order valence-electron chi connectivity index (χ4n) is 11.2. The lowest BCUT2D eigenvalue weighted by molar-refractivity contribution is -0.158. The zero-order chi connectivity index (χ0) is 61.2. The predicted octanol–water partition coefficient (Wildman–Crippen LogP) is 24.3. The third-order valence-corrected chi connectivity index (χ3v) is 30.1. The van der Waals surface area contributed by atoms with Crippen molar-refractivity contribution in [3.8, 4) is 0 Å². The molecule has 0 amide bonds. The maximum Gasteiger partial charge on any atom is 0.308 e. The molecule has 6 aromatic carbocycles. The van der Waals surface area contributed by atoms with Gasteiger partial charge in [-0.25, -0.2) is 0 Å². The summed E-state index contributed by atoms with van der Waals surface area (Å²) in [5.41, 5.74) is 6.58. The zero-order valence-electron chi connectivity index (χ0n) is 55.6. The highest BCUT2D eigenvalue weighted by Gasteiger charge is 2.49. The Labute approximate surface area is 537 Å². The molecule has 0 radical (unpaired) electrons. The van der Waals surface area contributed by atoms with Crippen LogP contribution in [0.1, 0.15) is 224 Å². The smallest absolute Gasteiger partial charge is 0.308 e. The summed E-state index contributed by atoms with van der Waals surface area (Å²) in [6.45, 7) is 52.7. The molecule has 3 nitrogen and oxygen atoms in total. The SMILES string of the molecule is C.C.C.C.C.CC(C)C(=O)OC(C)(C)C.CC(C)C(c1ccccc1)(c1ccccc1)c1ccccc1.CC(C)C1CCCCO1.CC(C)Cc1ccccc1.CC(C)[Si](C)(C)C(C)(C)C.CC(C)[Si](c1ccccc1)(c1ccccc1)C(C)(C)C. The fourth-order valence-corrected chi connectivity index (χ4v) is 19.5. The first kappa shape index (κ1) is 87.6. The average Bonchev–Trinajstić information content (AvgIpc) is 0.964. The van der Waals surface area contributed by atoms with Crippen molar-refractivity contribution in [2.24, 2.45) is 23.7 Å². The number of carbonyl (C=O) groups is 1. The van der Waals surface area contributed by atoms with E-state index in [0.717, 1.165) is 18.1 Å². The lowest BCUT2D eigenvalue weighted by Crippen LogP contribution is -2.66. The van der Waals surface area contributed by atoms with E-state index in [1.54, 1.807) is 10.4 Å². The summed E-state index contributed by atoms with van der Waals surface area (Å²) >= 11 is 0. The Hall–Kier alpha value is -4.82. The molecular formula is C81H136O3Si2. The number of ether oxygens (including phenoxy) is 2. The molecule has 1 aliphatic heterocycles. The molecule has 7 rings (SSSR count). The van der Waals surface area contributed by atoms with Crippen molar-refractivity contribution in [2.75, 3.05) is 6.61 Å². The largest absolute Gasteiger partial charge is 0.460 e. The molecule has 1 atom stereocenters. The fraction of sp³-hybridized carbons (Fsp3) is 0.543. The highest BCUT2D eigenvalue weighted by Crippen LogP contribution is 2.46. The summed E-state index contributed by atoms with van der Waals surface area (Å²) in [4.78, 5) is 10.9. The maximum atomic E-state index is 10.9. The van der Waals surface area contributed by atoms with Crippen LogP contribution in [0.5, 0.6) is 0 Å². The van der Waals surface area contributed by atoms with Crippen molar-refractivity contribution < 1.29 is 14.3 Å². The van der Waals surface area contributed by atoms with Gasteiger partial charge in [0.15, 0.2) is 0 Å². The van der Waals surface area contributed by atoms with Crippen molar-refractivity contribution in [2.45, 2.75) is 260 Å². The monoisotopic (exact) mass is 1210 g/mol. The summed E-state index contributed by atoms with van der Waals surface area (Å²) in [5, 5.41) is 3.94. The van der Waals surface area contributed by atoms with Gasteiger partial charge in [-0.15, -0.1) is 0 Å². The lowest BCUT2D eigenvalue weighted by Gasteiger charge is -2.47. The van der Waals surface area contributed by atoms with E-state index in [9.17, 15) is 4.79 Å². The second kappa shape index (κ2) is 41.4. The Kier molecular flexibility index (Phi) is 42.2. The van der Waals surface area contributed by atoms with Crippen LogP contribution >= 0.6 is 0 Å². The molecule has 0 bridgehead atoms. The van der Waals surface area contributed by atoms with Gasteiger partial charge in [0, 0.05) is 12.0 Å². The topological polar surface area (TPSA) is 35.5 Å². The molecule has 6 aromatic rings. The molecule has 0 saturated carbocycles. The minimum Gasteiger partial charge on any atom is -0.460 e. The second-order valence-electron chi connectivity index (χ2n) is 28.1. The van der Waals surface area contributed by atoms with E-state index in [1.165, 1.54) is 47.9 Å². The highest BCUT2D eigenvalue weighted by atomic mass is 28.3. The number of hydrogen-bond acceptors (Lipinski definition) is 3. The van der Waals surface area contributed by atoms with Crippen LogP contribution in [0.4, 0.5) is 0 Å². The second-order valence-corrected chi connectivity index (χ2v) is 39.6. The van der Waals surface area contributed by atoms with E-state index in [0.29, 0.717) is 28.5 Å². The van der Waals surface area contributed by atoms with E-state index >= 15 is 0 Å². The Balaban J connectivity index is -0.000000483. The molecular weight excluding hydrogens is 1080 g/mol. The first-order valence-electron chi connectivity index (χ1n) is 30.9. The maximum absolute atomic E-state index is 10.9. The van der Waals surface area contributed by atoms with Gasteiger partial charge in [-0.2, -0.15) is 0 Å². The summed E-state index contributed by atoms with van der Waals surface area (Å²) in [5.74, 6) is 1.76. The van der Waals surface area contributed by atoms with Crippen LogP contribution in [0.25, 0.3) is 0 Å². The van der Waals surface area contributed by atoms with E-state index in [4.69, 9.17) is 9.47 Å². The van der Waals surface area contributed by atoms with Gasteiger partial charge in [0.05, 0.1) is 20.1 Å². The molecule has 0 spiro atoms. The summed E-state index contributed by atoms with van der Waals surface area (Å²) < 4.78 is 10.6. The Morgan fingerprint density at radius 2 is 0.814 bits per heavy atom. The van der Waals surface area contributed by atoms with Crippen LogP contribution < -0.4 is 10.4 Å². The van der Waals surface area contributed by atoms with Crippen LogP contribution in [-0.4, -0.2) is 40.4 Å². The summed E-state index contributed by atoms with van der Waals surface area (Å²) in [6.07, 6.45) is 5.66. The number of carbonyl (C=O) groups excluding carboxylic acids is 1. The van der Waals surface area contributed by atoms with Crippen molar-refractivity contribution in [3.63, 3.8) is 0 Å². The number of esters is 1. The molecule has 486 valence electrons. The summed E-state index contributed by atoms with van der Waals surface area (Å²) in [6, 6.07) is 65.5. The molecule has 1 fully saturated rings. The van der Waals surface area contributed by atoms with E-state index in [1.807, 2.05) is 34.6 Å². The van der Waals surface area contributed by atoms with Crippen LogP contribution in [0.2, 0.25) is 34.3 Å². The lowest BCUT2D eigenvalue weighted by atomic mass is 9.63. The van der Waals surface area contributed by atoms with Gasteiger partial charge in [0.2, 0.25) is 0 Å². The first-order chi connectivity index (χ1) is 37.8. The third-order valence-electron chi connectivity index (χ3n) is 16.8. The van der Waals surface area contributed by atoms with Gasteiger partial charge in [-0.3, -0.25) is 4.79 Å².